The molecule has 2 N–H and O–H groups in total. The summed E-state index contributed by atoms with van der Waals surface area (Å²) in [5.74, 6) is -0.961. The molecule has 1 unspecified atom stereocenters. The average Bonchev–Trinajstić information content (AvgIpc) is 2.36. The van der Waals surface area contributed by atoms with Gasteiger partial charge in [0.2, 0.25) is 0 Å². The van der Waals surface area contributed by atoms with E-state index in [0.717, 1.165) is 0 Å². The Hall–Kier alpha value is -1.30. The molecule has 0 radical (unpaired) electrons. The van der Waals surface area contributed by atoms with Gasteiger partial charge >= 0.3 is 5.97 Å². The van der Waals surface area contributed by atoms with Gasteiger partial charge in [-0.25, -0.2) is 0 Å². The van der Waals surface area contributed by atoms with Gasteiger partial charge in [-0.2, -0.15) is 0 Å². The fourth-order valence-corrected chi connectivity index (χ4v) is 1.81. The van der Waals surface area contributed by atoms with Crippen LogP contribution in [0.25, 0.3) is 0 Å². The van der Waals surface area contributed by atoms with Crippen molar-refractivity contribution < 1.29 is 19.7 Å². The predicted octanol–water partition coefficient (Wildman–Crippen LogP) is 2.02. The molecule has 1 aromatic carbocycles. The van der Waals surface area contributed by atoms with Gasteiger partial charge in [-0.1, -0.05) is 11.6 Å². The molecule has 0 aromatic heterocycles. The van der Waals surface area contributed by atoms with E-state index in [1.165, 1.54) is 0 Å². The molecule has 0 fully saturated rings. The number of ether oxygens (including phenoxy) is 1. The number of aliphatic hydroxyl groups is 1. The van der Waals surface area contributed by atoms with Crippen molar-refractivity contribution in [2.45, 2.75) is 26.1 Å². The third-order valence-corrected chi connectivity index (χ3v) is 2.82. The second kappa shape index (κ2) is 8.09. The summed E-state index contributed by atoms with van der Waals surface area (Å²) in [5, 5.41) is 19.4. The molecule has 0 heterocycles. The minimum absolute atomic E-state index is 0.0214. The first kappa shape index (κ1) is 16.8. The van der Waals surface area contributed by atoms with E-state index in [-0.39, 0.29) is 25.8 Å². The Kier molecular flexibility index (Phi) is 6.78. The van der Waals surface area contributed by atoms with E-state index in [2.05, 4.69) is 0 Å². The molecular formula is C14H20ClNO4. The maximum Gasteiger partial charge on any atom is 0.323 e. The summed E-state index contributed by atoms with van der Waals surface area (Å²) in [6, 6.07) is 6.81. The van der Waals surface area contributed by atoms with Gasteiger partial charge in [0.05, 0.1) is 18.8 Å². The number of hydrogen-bond donors (Lipinski definition) is 2. The molecule has 0 amide bonds. The maximum absolute atomic E-state index is 10.9. The number of nitrogens with zero attached hydrogens (tertiary/aromatic N) is 1. The molecular weight excluding hydrogens is 282 g/mol. The van der Waals surface area contributed by atoms with Crippen LogP contribution in [0.4, 0.5) is 5.69 Å². The molecule has 6 heteroatoms. The van der Waals surface area contributed by atoms with E-state index in [0.29, 0.717) is 10.7 Å². The van der Waals surface area contributed by atoms with Crippen LogP contribution in [-0.4, -0.2) is 48.1 Å². The molecule has 20 heavy (non-hydrogen) atoms. The first-order valence-electron chi connectivity index (χ1n) is 6.40. The van der Waals surface area contributed by atoms with E-state index < -0.39 is 12.1 Å². The largest absolute Gasteiger partial charge is 0.480 e. The highest BCUT2D eigenvalue weighted by Crippen LogP contribution is 2.18. The molecule has 112 valence electrons. The summed E-state index contributed by atoms with van der Waals surface area (Å²) in [5.41, 5.74) is 0.695. The van der Waals surface area contributed by atoms with Gasteiger partial charge in [0.15, 0.2) is 0 Å². The minimum Gasteiger partial charge on any atom is -0.480 e. The van der Waals surface area contributed by atoms with Crippen LogP contribution in [0.2, 0.25) is 5.02 Å². The van der Waals surface area contributed by atoms with Gasteiger partial charge in [-0.3, -0.25) is 4.79 Å². The fraction of sp³-hybridized carbons (Fsp3) is 0.500. The van der Waals surface area contributed by atoms with Crippen LogP contribution >= 0.6 is 11.6 Å². The molecule has 0 aliphatic heterocycles. The van der Waals surface area contributed by atoms with Crippen LogP contribution in [0, 0.1) is 0 Å². The molecule has 0 bridgehead atoms. The minimum atomic E-state index is -0.961. The number of aliphatic carboxylic acids is 1. The molecule has 0 aliphatic rings. The summed E-state index contributed by atoms with van der Waals surface area (Å²) in [7, 11) is 0. The number of rotatable bonds is 8. The van der Waals surface area contributed by atoms with Gasteiger partial charge in [-0.05, 0) is 38.1 Å². The first-order chi connectivity index (χ1) is 9.38. The zero-order valence-electron chi connectivity index (χ0n) is 11.6. The third kappa shape index (κ3) is 6.23. The number of benzene rings is 1. The number of halogens is 1. The Balaban J connectivity index is 2.69. The molecule has 1 rings (SSSR count). The van der Waals surface area contributed by atoms with Crippen LogP contribution in [0.3, 0.4) is 0 Å². The second-order valence-electron chi connectivity index (χ2n) is 4.79. The van der Waals surface area contributed by atoms with E-state index in [9.17, 15) is 9.90 Å². The van der Waals surface area contributed by atoms with Crippen LogP contribution < -0.4 is 4.90 Å². The highest BCUT2D eigenvalue weighted by Gasteiger charge is 2.16. The van der Waals surface area contributed by atoms with E-state index in [4.69, 9.17) is 21.4 Å². The SMILES string of the molecule is CC(C)OCC(O)CN(CC(=O)O)c1ccc(Cl)cc1. The van der Waals surface area contributed by atoms with Crippen molar-refractivity contribution in [2.24, 2.45) is 0 Å². The average molecular weight is 302 g/mol. The summed E-state index contributed by atoms with van der Waals surface area (Å²) < 4.78 is 5.32. The van der Waals surface area contributed by atoms with Gasteiger partial charge in [0.1, 0.15) is 6.54 Å². The molecule has 0 spiro atoms. The number of carboxylic acid groups (broad SMARTS) is 1. The highest BCUT2D eigenvalue weighted by molar-refractivity contribution is 6.30. The van der Waals surface area contributed by atoms with Crippen LogP contribution in [0.5, 0.6) is 0 Å². The summed E-state index contributed by atoms with van der Waals surface area (Å²) in [6.07, 6.45) is -0.736. The van der Waals surface area contributed by atoms with Crippen molar-refractivity contribution in [1.29, 1.82) is 0 Å². The molecule has 5 nitrogen and oxygen atoms in total. The van der Waals surface area contributed by atoms with Crippen molar-refractivity contribution >= 4 is 23.3 Å². The summed E-state index contributed by atoms with van der Waals surface area (Å²) >= 11 is 5.81. The Bertz CT molecular complexity index is 422. The standard InChI is InChI=1S/C14H20ClNO4/c1-10(2)20-9-13(17)7-16(8-14(18)19)12-5-3-11(15)4-6-12/h3-6,10,13,17H,7-9H2,1-2H3,(H,18,19). The summed E-state index contributed by atoms with van der Waals surface area (Å²) in [6.45, 7) is 3.91. The van der Waals surface area contributed by atoms with Crippen LogP contribution in [0.1, 0.15) is 13.8 Å². The van der Waals surface area contributed by atoms with Crippen molar-refractivity contribution in [3.63, 3.8) is 0 Å². The monoisotopic (exact) mass is 301 g/mol. The zero-order chi connectivity index (χ0) is 15.1. The predicted molar refractivity (Wildman–Crippen MR) is 78.4 cm³/mol. The van der Waals surface area contributed by atoms with E-state index in [1.807, 2.05) is 13.8 Å². The molecule has 1 aromatic rings. The molecule has 0 saturated heterocycles. The topological polar surface area (TPSA) is 70.0 Å². The lowest BCUT2D eigenvalue weighted by Gasteiger charge is -2.26. The number of aliphatic hydroxyl groups excluding tert-OH is 1. The number of carboxylic acids is 1. The van der Waals surface area contributed by atoms with E-state index in [1.54, 1.807) is 29.2 Å². The van der Waals surface area contributed by atoms with Gasteiger partial charge in [0, 0.05) is 17.3 Å². The van der Waals surface area contributed by atoms with Gasteiger partial charge in [-0.15, -0.1) is 0 Å². The number of anilines is 1. The lowest BCUT2D eigenvalue weighted by molar-refractivity contribution is -0.135. The number of carbonyl (C=O) groups is 1. The normalized spacial score (nSPS) is 12.4. The van der Waals surface area contributed by atoms with Crippen LogP contribution in [-0.2, 0) is 9.53 Å². The lowest BCUT2D eigenvalue weighted by Crippen LogP contribution is -2.38. The Morgan fingerprint density at radius 3 is 2.45 bits per heavy atom. The van der Waals surface area contributed by atoms with Crippen molar-refractivity contribution in [2.75, 3.05) is 24.6 Å². The highest BCUT2D eigenvalue weighted by atomic mass is 35.5. The second-order valence-corrected chi connectivity index (χ2v) is 5.22. The van der Waals surface area contributed by atoms with Crippen molar-refractivity contribution in [3.05, 3.63) is 29.3 Å². The van der Waals surface area contributed by atoms with Gasteiger partial charge in [0.25, 0.3) is 0 Å². The van der Waals surface area contributed by atoms with Crippen molar-refractivity contribution in [3.8, 4) is 0 Å². The maximum atomic E-state index is 10.9. The molecule has 0 aliphatic carbocycles. The number of hydrogen-bond acceptors (Lipinski definition) is 4. The lowest BCUT2D eigenvalue weighted by atomic mass is 10.2. The smallest absolute Gasteiger partial charge is 0.323 e. The quantitative estimate of drug-likeness (QED) is 0.769. The van der Waals surface area contributed by atoms with Crippen LogP contribution in [0.15, 0.2) is 24.3 Å². The molecule has 1 atom stereocenters. The Labute approximate surface area is 123 Å². The fourth-order valence-electron chi connectivity index (χ4n) is 1.69. The zero-order valence-corrected chi connectivity index (χ0v) is 12.4. The first-order valence-corrected chi connectivity index (χ1v) is 6.78. The Morgan fingerprint density at radius 2 is 1.95 bits per heavy atom. The van der Waals surface area contributed by atoms with Gasteiger partial charge < -0.3 is 19.8 Å². The Morgan fingerprint density at radius 1 is 1.35 bits per heavy atom. The van der Waals surface area contributed by atoms with E-state index >= 15 is 0 Å². The van der Waals surface area contributed by atoms with Crippen molar-refractivity contribution in [1.82, 2.24) is 0 Å². The summed E-state index contributed by atoms with van der Waals surface area (Å²) in [4.78, 5) is 12.5. The molecule has 0 saturated carbocycles. The third-order valence-electron chi connectivity index (χ3n) is 2.57.